The van der Waals surface area contributed by atoms with Crippen molar-refractivity contribution in [2.24, 2.45) is 0 Å². The molecule has 0 unspecified atom stereocenters. The molecule has 0 atom stereocenters. The minimum absolute atomic E-state index is 0.271. The van der Waals surface area contributed by atoms with Crippen LogP contribution in [-0.2, 0) is 14.3 Å². The van der Waals surface area contributed by atoms with Crippen LogP contribution in [0, 0.1) is 0 Å². The average molecular weight is 175 g/mol. The van der Waals surface area contributed by atoms with Gasteiger partial charge < -0.3 is 14.8 Å². The second-order valence-electron chi connectivity index (χ2n) is 3.25. The summed E-state index contributed by atoms with van der Waals surface area (Å²) in [6, 6.07) is 0. The van der Waals surface area contributed by atoms with Gasteiger partial charge in [0.05, 0.1) is 0 Å². The minimum atomic E-state index is -0.293. The van der Waals surface area contributed by atoms with Gasteiger partial charge in [-0.25, -0.2) is 0 Å². The zero-order valence-electron chi connectivity index (χ0n) is 8.09. The Morgan fingerprint density at radius 2 is 1.92 bits per heavy atom. The summed E-state index contributed by atoms with van der Waals surface area (Å²) < 4.78 is 10.0. The maximum Gasteiger partial charge on any atom is 0.207 e. The molecule has 0 aromatic carbocycles. The van der Waals surface area contributed by atoms with Gasteiger partial charge in [0, 0.05) is 26.2 Å². The first-order chi connectivity index (χ1) is 5.55. The number of ether oxygens (including phenoxy) is 2. The van der Waals surface area contributed by atoms with Gasteiger partial charge in [0.1, 0.15) is 0 Å². The van der Waals surface area contributed by atoms with E-state index >= 15 is 0 Å². The maximum absolute atomic E-state index is 10.2. The molecule has 1 amide bonds. The van der Waals surface area contributed by atoms with Crippen molar-refractivity contribution in [1.82, 2.24) is 5.32 Å². The quantitative estimate of drug-likeness (QED) is 0.473. The molecule has 4 heteroatoms. The van der Waals surface area contributed by atoms with E-state index in [0.717, 1.165) is 0 Å². The number of rotatable bonds is 6. The van der Waals surface area contributed by atoms with Crippen molar-refractivity contribution in [1.29, 1.82) is 0 Å². The highest BCUT2D eigenvalue weighted by molar-refractivity contribution is 5.47. The Hall–Kier alpha value is -0.610. The molecule has 1 N–H and O–H groups in total. The Kier molecular flexibility index (Phi) is 4.85. The van der Waals surface area contributed by atoms with E-state index in [9.17, 15) is 4.79 Å². The molecule has 0 spiro atoms. The molecule has 0 rings (SSSR count). The molecule has 4 nitrogen and oxygen atoms in total. The van der Waals surface area contributed by atoms with Crippen molar-refractivity contribution < 1.29 is 14.3 Å². The van der Waals surface area contributed by atoms with E-state index in [1.54, 1.807) is 14.2 Å². The van der Waals surface area contributed by atoms with E-state index in [-0.39, 0.29) is 11.8 Å². The molecule has 0 saturated heterocycles. The van der Waals surface area contributed by atoms with E-state index in [4.69, 9.17) is 9.47 Å². The highest BCUT2D eigenvalue weighted by Crippen LogP contribution is 2.12. The Labute approximate surface area is 73.2 Å². The van der Waals surface area contributed by atoms with Crippen LogP contribution in [0.3, 0.4) is 0 Å². The van der Waals surface area contributed by atoms with Gasteiger partial charge in [-0.15, -0.1) is 0 Å². The van der Waals surface area contributed by atoms with Crippen LogP contribution in [0.15, 0.2) is 0 Å². The van der Waals surface area contributed by atoms with Gasteiger partial charge in [-0.3, -0.25) is 4.79 Å². The molecule has 0 aliphatic heterocycles. The van der Waals surface area contributed by atoms with Crippen molar-refractivity contribution in [3.05, 3.63) is 0 Å². The summed E-state index contributed by atoms with van der Waals surface area (Å²) in [5.41, 5.74) is -0.293. The summed E-state index contributed by atoms with van der Waals surface area (Å²) in [5, 5.41) is 2.68. The third-order valence-electron chi connectivity index (χ3n) is 1.65. The lowest BCUT2D eigenvalue weighted by Crippen LogP contribution is -2.42. The summed E-state index contributed by atoms with van der Waals surface area (Å²) >= 11 is 0. The van der Waals surface area contributed by atoms with Crippen LogP contribution in [-0.4, -0.2) is 32.5 Å². The second-order valence-corrected chi connectivity index (χ2v) is 3.25. The van der Waals surface area contributed by atoms with Crippen LogP contribution in [0.2, 0.25) is 0 Å². The third kappa shape index (κ3) is 4.31. The Morgan fingerprint density at radius 3 is 2.25 bits per heavy atom. The van der Waals surface area contributed by atoms with Crippen molar-refractivity contribution in [3.63, 3.8) is 0 Å². The lowest BCUT2D eigenvalue weighted by Gasteiger charge is -2.27. The summed E-state index contributed by atoms with van der Waals surface area (Å²) in [6.07, 6.45) is 1.04. The largest absolute Gasteiger partial charge is 0.356 e. The number of carbonyl (C=O) groups excluding carboxylic acids is 1. The van der Waals surface area contributed by atoms with E-state index in [1.165, 1.54) is 0 Å². The molecular weight excluding hydrogens is 158 g/mol. The lowest BCUT2D eigenvalue weighted by atomic mass is 10.0. The molecule has 12 heavy (non-hydrogen) atoms. The smallest absolute Gasteiger partial charge is 0.207 e. The van der Waals surface area contributed by atoms with Gasteiger partial charge in [-0.2, -0.15) is 0 Å². The molecule has 0 aliphatic rings. The standard InChI is InChI=1S/C8H17NO3/c1-8(2,9-6-10)5-7(11-3)12-4/h6-7H,5H2,1-4H3,(H,9,10). The van der Waals surface area contributed by atoms with E-state index in [1.807, 2.05) is 13.8 Å². The monoisotopic (exact) mass is 175 g/mol. The number of nitrogens with one attached hydrogen (secondary N) is 1. The molecule has 0 aliphatic carbocycles. The highest BCUT2D eigenvalue weighted by atomic mass is 16.7. The maximum atomic E-state index is 10.2. The van der Waals surface area contributed by atoms with Crippen LogP contribution in [0.1, 0.15) is 20.3 Å². The van der Waals surface area contributed by atoms with Gasteiger partial charge in [-0.1, -0.05) is 0 Å². The van der Waals surface area contributed by atoms with Crippen molar-refractivity contribution >= 4 is 6.41 Å². The summed E-state index contributed by atoms with van der Waals surface area (Å²) in [6.45, 7) is 3.82. The van der Waals surface area contributed by atoms with Crippen molar-refractivity contribution in [3.8, 4) is 0 Å². The molecule has 72 valence electrons. The fourth-order valence-electron chi connectivity index (χ4n) is 0.898. The first-order valence-electron chi connectivity index (χ1n) is 3.82. The Morgan fingerprint density at radius 1 is 1.42 bits per heavy atom. The SMILES string of the molecule is COC(CC(C)(C)NC=O)OC. The summed E-state index contributed by atoms with van der Waals surface area (Å²) in [7, 11) is 3.15. The zero-order valence-corrected chi connectivity index (χ0v) is 8.09. The van der Waals surface area contributed by atoms with Gasteiger partial charge in [0.2, 0.25) is 6.41 Å². The molecule has 0 aromatic rings. The van der Waals surface area contributed by atoms with E-state index in [0.29, 0.717) is 12.8 Å². The molecule has 0 aromatic heterocycles. The Balaban J connectivity index is 3.92. The molecule has 0 radical (unpaired) electrons. The Bertz CT molecular complexity index is 132. The van der Waals surface area contributed by atoms with E-state index in [2.05, 4.69) is 5.32 Å². The first-order valence-corrected chi connectivity index (χ1v) is 3.82. The van der Waals surface area contributed by atoms with Gasteiger partial charge >= 0.3 is 0 Å². The van der Waals surface area contributed by atoms with Crippen LogP contribution in [0.4, 0.5) is 0 Å². The van der Waals surface area contributed by atoms with Crippen LogP contribution >= 0.6 is 0 Å². The predicted octanol–water partition coefficient (Wildman–Crippen LogP) is 0.520. The molecule has 0 saturated carbocycles. The van der Waals surface area contributed by atoms with Crippen molar-refractivity contribution in [2.75, 3.05) is 14.2 Å². The van der Waals surface area contributed by atoms with Gasteiger partial charge in [0.25, 0.3) is 0 Å². The van der Waals surface area contributed by atoms with Gasteiger partial charge in [0.15, 0.2) is 6.29 Å². The summed E-state index contributed by atoms with van der Waals surface area (Å²) in [5.74, 6) is 0. The zero-order chi connectivity index (χ0) is 9.61. The molecular formula is C8H17NO3. The molecule has 0 bridgehead atoms. The third-order valence-corrected chi connectivity index (χ3v) is 1.65. The minimum Gasteiger partial charge on any atom is -0.356 e. The van der Waals surface area contributed by atoms with Crippen LogP contribution < -0.4 is 5.32 Å². The number of amides is 1. The second kappa shape index (κ2) is 5.11. The topological polar surface area (TPSA) is 47.6 Å². The number of carbonyl (C=O) groups is 1. The fourth-order valence-corrected chi connectivity index (χ4v) is 0.898. The normalized spacial score (nSPS) is 11.8. The number of methoxy groups -OCH3 is 2. The number of hydrogen-bond donors (Lipinski definition) is 1. The molecule has 0 heterocycles. The average Bonchev–Trinajstić information content (AvgIpc) is 2.00. The van der Waals surface area contributed by atoms with E-state index < -0.39 is 0 Å². The van der Waals surface area contributed by atoms with Crippen molar-refractivity contribution in [2.45, 2.75) is 32.1 Å². The highest BCUT2D eigenvalue weighted by Gasteiger charge is 2.21. The fraction of sp³-hybridized carbons (Fsp3) is 0.875. The first kappa shape index (κ1) is 11.4. The lowest BCUT2D eigenvalue weighted by molar-refractivity contribution is -0.122. The van der Waals surface area contributed by atoms with Crippen LogP contribution in [0.5, 0.6) is 0 Å². The molecule has 0 fully saturated rings. The number of hydrogen-bond acceptors (Lipinski definition) is 3. The summed E-state index contributed by atoms with van der Waals surface area (Å²) in [4.78, 5) is 10.2. The van der Waals surface area contributed by atoms with Gasteiger partial charge in [-0.05, 0) is 13.8 Å². The van der Waals surface area contributed by atoms with Crippen LogP contribution in [0.25, 0.3) is 0 Å². The predicted molar refractivity (Wildman–Crippen MR) is 45.7 cm³/mol.